The van der Waals surface area contributed by atoms with Crippen molar-refractivity contribution in [3.8, 4) is 5.75 Å². The minimum atomic E-state index is 0.221. The second-order valence-corrected chi connectivity index (χ2v) is 5.91. The molecule has 0 heterocycles. The van der Waals surface area contributed by atoms with Gasteiger partial charge in [0.25, 0.3) is 0 Å². The molecule has 0 bridgehead atoms. The maximum Gasteiger partial charge on any atom is 0.134 e. The van der Waals surface area contributed by atoms with Gasteiger partial charge in [-0.25, -0.2) is 0 Å². The van der Waals surface area contributed by atoms with Gasteiger partial charge in [0.1, 0.15) is 5.75 Å². The number of hydrogen-bond acceptors (Lipinski definition) is 2. The Morgan fingerprint density at radius 2 is 1.89 bits per heavy atom. The highest BCUT2D eigenvalue weighted by Crippen LogP contribution is 2.32. The van der Waals surface area contributed by atoms with E-state index in [1.165, 1.54) is 43.5 Å². The Bertz CT molecular complexity index is 427. The number of fused-ring (bicyclic) bond motifs is 1. The van der Waals surface area contributed by atoms with Crippen molar-refractivity contribution >= 4 is 11.6 Å². The van der Waals surface area contributed by atoms with E-state index < -0.39 is 0 Å². The summed E-state index contributed by atoms with van der Waals surface area (Å²) in [6.45, 7) is 6.83. The number of hydrogen-bond donors (Lipinski definition) is 1. The van der Waals surface area contributed by atoms with Crippen LogP contribution in [-0.2, 0) is 12.8 Å². The number of benzene rings is 1. The smallest absolute Gasteiger partial charge is 0.134 e. The maximum absolute atomic E-state index is 9.76. The molecule has 1 aliphatic carbocycles. The molecule has 0 aromatic heterocycles. The van der Waals surface area contributed by atoms with E-state index in [0.717, 1.165) is 12.8 Å². The van der Waals surface area contributed by atoms with Crippen molar-refractivity contribution in [3.05, 3.63) is 28.3 Å². The van der Waals surface area contributed by atoms with E-state index in [1.54, 1.807) is 0 Å². The Hall–Kier alpha value is -0.730. The van der Waals surface area contributed by atoms with Crippen molar-refractivity contribution < 1.29 is 5.11 Å². The van der Waals surface area contributed by atoms with E-state index in [4.69, 9.17) is 11.6 Å². The predicted molar refractivity (Wildman–Crippen MR) is 81.1 cm³/mol. The van der Waals surface area contributed by atoms with Crippen LogP contribution in [0.3, 0.4) is 0 Å². The SMILES string of the molecule is CCCN(CCC)C1CCc2cc(Cl)c(O)cc2C1. The first-order chi connectivity index (χ1) is 9.15. The highest BCUT2D eigenvalue weighted by atomic mass is 35.5. The normalized spacial score (nSPS) is 18.6. The summed E-state index contributed by atoms with van der Waals surface area (Å²) in [4.78, 5) is 2.61. The molecular formula is C16H24ClNO. The van der Waals surface area contributed by atoms with Gasteiger partial charge in [-0.05, 0) is 68.5 Å². The van der Waals surface area contributed by atoms with Crippen molar-refractivity contribution in [2.45, 2.75) is 52.0 Å². The first-order valence-electron chi connectivity index (χ1n) is 7.40. The molecule has 3 heteroatoms. The summed E-state index contributed by atoms with van der Waals surface area (Å²) in [6.07, 6.45) is 5.72. The Kier molecular flexibility index (Phi) is 5.12. The lowest BCUT2D eigenvalue weighted by atomic mass is 9.87. The zero-order valence-corrected chi connectivity index (χ0v) is 12.7. The topological polar surface area (TPSA) is 23.5 Å². The summed E-state index contributed by atoms with van der Waals surface area (Å²) in [5.74, 6) is 0.221. The third-order valence-corrected chi connectivity index (χ3v) is 4.31. The quantitative estimate of drug-likeness (QED) is 0.881. The summed E-state index contributed by atoms with van der Waals surface area (Å²) in [6, 6.07) is 4.42. The molecule has 106 valence electrons. The van der Waals surface area contributed by atoms with Crippen molar-refractivity contribution in [3.63, 3.8) is 0 Å². The van der Waals surface area contributed by atoms with Gasteiger partial charge in [0.15, 0.2) is 0 Å². The summed E-state index contributed by atoms with van der Waals surface area (Å²) in [5.41, 5.74) is 2.59. The van der Waals surface area contributed by atoms with Gasteiger partial charge in [-0.1, -0.05) is 25.4 Å². The Labute approximate surface area is 121 Å². The largest absolute Gasteiger partial charge is 0.506 e. The molecule has 0 radical (unpaired) electrons. The second-order valence-electron chi connectivity index (χ2n) is 5.50. The highest BCUT2D eigenvalue weighted by Gasteiger charge is 2.24. The molecule has 1 unspecified atom stereocenters. The molecule has 2 nitrogen and oxygen atoms in total. The standard InChI is InChI=1S/C16H24ClNO/c1-3-7-18(8-4-2)14-6-5-12-10-15(17)16(19)11-13(12)9-14/h10-11,14,19H,3-9H2,1-2H3. The van der Waals surface area contributed by atoms with Crippen LogP contribution >= 0.6 is 11.6 Å². The molecule has 2 rings (SSSR count). The number of aromatic hydroxyl groups is 1. The Morgan fingerprint density at radius 3 is 2.53 bits per heavy atom. The zero-order chi connectivity index (χ0) is 13.8. The summed E-state index contributed by atoms with van der Waals surface area (Å²) in [7, 11) is 0. The molecular weight excluding hydrogens is 258 g/mol. The van der Waals surface area contributed by atoms with Gasteiger partial charge >= 0.3 is 0 Å². The molecule has 0 saturated carbocycles. The summed E-state index contributed by atoms with van der Waals surface area (Å²) in [5, 5.41) is 10.2. The average Bonchev–Trinajstić information content (AvgIpc) is 2.39. The minimum Gasteiger partial charge on any atom is -0.506 e. The molecule has 0 saturated heterocycles. The third kappa shape index (κ3) is 3.43. The number of rotatable bonds is 5. The van der Waals surface area contributed by atoms with Crippen molar-refractivity contribution in [2.24, 2.45) is 0 Å². The van der Waals surface area contributed by atoms with Gasteiger partial charge in [-0.3, -0.25) is 0 Å². The minimum absolute atomic E-state index is 0.221. The molecule has 1 aromatic carbocycles. The fourth-order valence-corrected chi connectivity index (χ4v) is 3.30. The maximum atomic E-state index is 9.76. The number of phenols is 1. The van der Waals surface area contributed by atoms with Crippen LogP contribution < -0.4 is 0 Å². The molecule has 1 aliphatic rings. The van der Waals surface area contributed by atoms with Crippen LogP contribution in [0.4, 0.5) is 0 Å². The monoisotopic (exact) mass is 281 g/mol. The van der Waals surface area contributed by atoms with Crippen molar-refractivity contribution in [1.29, 1.82) is 0 Å². The first-order valence-corrected chi connectivity index (χ1v) is 7.77. The fourth-order valence-electron chi connectivity index (χ4n) is 3.11. The number of nitrogens with zero attached hydrogens (tertiary/aromatic N) is 1. The molecule has 1 atom stereocenters. The lowest BCUT2D eigenvalue weighted by molar-refractivity contribution is 0.180. The van der Waals surface area contributed by atoms with E-state index in [9.17, 15) is 5.11 Å². The van der Waals surface area contributed by atoms with Crippen LogP contribution in [0.15, 0.2) is 12.1 Å². The van der Waals surface area contributed by atoms with Gasteiger partial charge < -0.3 is 10.0 Å². The Balaban J connectivity index is 2.14. The lowest BCUT2D eigenvalue weighted by Gasteiger charge is -2.35. The average molecular weight is 282 g/mol. The number of aryl methyl sites for hydroxylation is 1. The van der Waals surface area contributed by atoms with E-state index in [2.05, 4.69) is 18.7 Å². The lowest BCUT2D eigenvalue weighted by Crippen LogP contribution is -2.40. The van der Waals surface area contributed by atoms with Gasteiger partial charge in [0, 0.05) is 6.04 Å². The fraction of sp³-hybridized carbons (Fsp3) is 0.625. The van der Waals surface area contributed by atoms with Gasteiger partial charge in [-0.15, -0.1) is 0 Å². The van der Waals surface area contributed by atoms with Crippen LogP contribution in [0.5, 0.6) is 5.75 Å². The second kappa shape index (κ2) is 6.62. The Morgan fingerprint density at radius 1 is 1.21 bits per heavy atom. The molecule has 1 N–H and O–H groups in total. The molecule has 19 heavy (non-hydrogen) atoms. The van der Waals surface area contributed by atoms with E-state index >= 15 is 0 Å². The molecule has 0 amide bonds. The van der Waals surface area contributed by atoms with E-state index in [1.807, 2.05) is 12.1 Å². The third-order valence-electron chi connectivity index (χ3n) is 4.01. The zero-order valence-electron chi connectivity index (χ0n) is 12.0. The highest BCUT2D eigenvalue weighted by molar-refractivity contribution is 6.32. The molecule has 0 fully saturated rings. The molecule has 1 aromatic rings. The van der Waals surface area contributed by atoms with Gasteiger partial charge in [0.2, 0.25) is 0 Å². The van der Waals surface area contributed by atoms with Crippen LogP contribution in [0.2, 0.25) is 5.02 Å². The van der Waals surface area contributed by atoms with Crippen LogP contribution in [0.25, 0.3) is 0 Å². The number of halogens is 1. The summed E-state index contributed by atoms with van der Waals surface area (Å²) < 4.78 is 0. The van der Waals surface area contributed by atoms with E-state index in [0.29, 0.717) is 11.1 Å². The number of phenolic OH excluding ortho intramolecular Hbond substituents is 1. The van der Waals surface area contributed by atoms with Gasteiger partial charge in [0.05, 0.1) is 5.02 Å². The molecule has 0 aliphatic heterocycles. The van der Waals surface area contributed by atoms with Crippen molar-refractivity contribution in [2.75, 3.05) is 13.1 Å². The van der Waals surface area contributed by atoms with Crippen molar-refractivity contribution in [1.82, 2.24) is 4.90 Å². The van der Waals surface area contributed by atoms with E-state index in [-0.39, 0.29) is 5.75 Å². The predicted octanol–water partition coefficient (Wildman–Crippen LogP) is 4.02. The first kappa shape index (κ1) is 14.7. The van der Waals surface area contributed by atoms with Crippen LogP contribution in [0.1, 0.15) is 44.2 Å². The van der Waals surface area contributed by atoms with Crippen LogP contribution in [-0.4, -0.2) is 29.1 Å². The van der Waals surface area contributed by atoms with Gasteiger partial charge in [-0.2, -0.15) is 0 Å². The van der Waals surface area contributed by atoms with Crippen LogP contribution in [0, 0.1) is 0 Å². The molecule has 0 spiro atoms. The summed E-state index contributed by atoms with van der Waals surface area (Å²) >= 11 is 5.98.